The fourth-order valence-corrected chi connectivity index (χ4v) is 6.60. The Morgan fingerprint density at radius 3 is 2.45 bits per heavy atom. The van der Waals surface area contributed by atoms with Gasteiger partial charge in [0.25, 0.3) is 10.0 Å². The number of rotatable bonds is 4. The molecule has 0 saturated heterocycles. The number of amides is 1. The van der Waals surface area contributed by atoms with E-state index < -0.39 is 10.0 Å². The number of carbonyl (C=O) groups is 1. The quantitative estimate of drug-likeness (QED) is 0.409. The van der Waals surface area contributed by atoms with Crippen LogP contribution in [0.1, 0.15) is 6.92 Å². The zero-order chi connectivity index (χ0) is 22.7. The zero-order valence-corrected chi connectivity index (χ0v) is 18.8. The van der Waals surface area contributed by atoms with Crippen molar-refractivity contribution in [3.63, 3.8) is 0 Å². The third-order valence-electron chi connectivity index (χ3n) is 6.34. The number of fused-ring (bicyclic) bond motifs is 3. The Balaban J connectivity index is 1.34. The summed E-state index contributed by atoms with van der Waals surface area (Å²) in [6.45, 7) is 2.66. The molecule has 1 amide bonds. The molecule has 0 spiro atoms. The highest BCUT2D eigenvalue weighted by Gasteiger charge is 2.36. The smallest absolute Gasteiger partial charge is 0.265 e. The Labute approximate surface area is 191 Å². The van der Waals surface area contributed by atoms with E-state index in [-0.39, 0.29) is 17.3 Å². The molecule has 7 heteroatoms. The van der Waals surface area contributed by atoms with Crippen molar-refractivity contribution in [1.82, 2.24) is 4.57 Å². The van der Waals surface area contributed by atoms with Crippen LogP contribution in [0.4, 0.5) is 11.4 Å². The second-order valence-corrected chi connectivity index (χ2v) is 10.0. The normalized spacial score (nSPS) is 14.4. The number of nitrogens with one attached hydrogen (secondary N) is 1. The van der Waals surface area contributed by atoms with Gasteiger partial charge in [0, 0.05) is 39.4 Å². The molecule has 0 radical (unpaired) electrons. The number of sulfonamides is 1. The molecular weight excluding hydrogens is 434 g/mol. The van der Waals surface area contributed by atoms with Gasteiger partial charge in [-0.2, -0.15) is 0 Å². The third kappa shape index (κ3) is 2.85. The first-order valence-electron chi connectivity index (χ1n) is 10.8. The van der Waals surface area contributed by atoms with Crippen LogP contribution in [0, 0.1) is 0 Å². The Hall–Kier alpha value is -3.84. The summed E-state index contributed by atoms with van der Waals surface area (Å²) in [6, 6.07) is 24.6. The van der Waals surface area contributed by atoms with E-state index in [1.54, 1.807) is 18.2 Å². The van der Waals surface area contributed by atoms with E-state index in [2.05, 4.69) is 28.9 Å². The average molecular weight is 456 g/mol. The van der Waals surface area contributed by atoms with Crippen LogP contribution < -0.4 is 9.62 Å². The van der Waals surface area contributed by atoms with E-state index >= 15 is 0 Å². The van der Waals surface area contributed by atoms with Gasteiger partial charge in [0.1, 0.15) is 6.54 Å². The summed E-state index contributed by atoms with van der Waals surface area (Å²) in [5, 5.41) is 6.58. The van der Waals surface area contributed by atoms with Crippen LogP contribution in [0.25, 0.3) is 32.6 Å². The second kappa shape index (κ2) is 7.08. The molecule has 6 nitrogen and oxygen atoms in total. The SMILES string of the molecule is CCn1c2ccccc2c2cc(NC(=O)CN3c4cccc5cccc(c45)S3(=O)=O)ccc21. The van der Waals surface area contributed by atoms with Gasteiger partial charge in [-0.05, 0) is 48.7 Å². The zero-order valence-electron chi connectivity index (χ0n) is 17.9. The van der Waals surface area contributed by atoms with Crippen molar-refractivity contribution in [2.45, 2.75) is 18.4 Å². The summed E-state index contributed by atoms with van der Waals surface area (Å²) >= 11 is 0. The molecule has 4 aromatic carbocycles. The summed E-state index contributed by atoms with van der Waals surface area (Å²) in [6.07, 6.45) is 0. The number of hydrogen-bond donors (Lipinski definition) is 1. The molecule has 0 saturated carbocycles. The molecule has 0 fully saturated rings. The molecule has 1 N–H and O–H groups in total. The van der Waals surface area contributed by atoms with Gasteiger partial charge in [0.2, 0.25) is 5.91 Å². The van der Waals surface area contributed by atoms with Gasteiger partial charge >= 0.3 is 0 Å². The molecule has 2 heterocycles. The summed E-state index contributed by atoms with van der Waals surface area (Å²) in [5.41, 5.74) is 3.42. The average Bonchev–Trinajstić information content (AvgIpc) is 3.25. The second-order valence-electron chi connectivity index (χ2n) is 8.18. The summed E-state index contributed by atoms with van der Waals surface area (Å²) in [4.78, 5) is 13.2. The fraction of sp³-hybridized carbons (Fsp3) is 0.115. The standard InChI is InChI=1S/C26H21N3O3S/c1-2-28-21-10-4-3-9-19(21)20-15-18(13-14-22(20)28)27-25(30)16-29-23-11-5-7-17-8-6-12-24(26(17)23)33(29,31)32/h3-15H,2,16H2,1H3,(H,27,30). The van der Waals surface area contributed by atoms with Crippen LogP contribution >= 0.6 is 0 Å². The topological polar surface area (TPSA) is 71.4 Å². The number of aromatic nitrogens is 1. The molecule has 1 aromatic heterocycles. The first kappa shape index (κ1) is 19.8. The predicted octanol–water partition coefficient (Wildman–Crippen LogP) is 5.12. The van der Waals surface area contributed by atoms with Crippen molar-refractivity contribution < 1.29 is 13.2 Å². The van der Waals surface area contributed by atoms with E-state index in [0.717, 1.165) is 33.7 Å². The van der Waals surface area contributed by atoms with Gasteiger partial charge in [-0.1, -0.05) is 42.5 Å². The molecule has 0 bridgehead atoms. The van der Waals surface area contributed by atoms with Gasteiger partial charge in [0.05, 0.1) is 10.6 Å². The van der Waals surface area contributed by atoms with Crippen molar-refractivity contribution in [3.05, 3.63) is 78.9 Å². The highest BCUT2D eigenvalue weighted by atomic mass is 32.2. The Morgan fingerprint density at radius 2 is 1.64 bits per heavy atom. The third-order valence-corrected chi connectivity index (χ3v) is 8.14. The van der Waals surface area contributed by atoms with E-state index in [0.29, 0.717) is 16.8 Å². The van der Waals surface area contributed by atoms with Crippen molar-refractivity contribution in [2.75, 3.05) is 16.2 Å². The molecular formula is C26H21N3O3S. The number of nitrogens with zero attached hydrogens (tertiary/aromatic N) is 2. The lowest BCUT2D eigenvalue weighted by atomic mass is 10.1. The van der Waals surface area contributed by atoms with E-state index in [1.807, 2.05) is 48.5 Å². The number of carbonyl (C=O) groups excluding carboxylic acids is 1. The van der Waals surface area contributed by atoms with Gasteiger partial charge in [-0.3, -0.25) is 9.10 Å². The maximum absolute atomic E-state index is 13.2. The molecule has 1 aliphatic heterocycles. The monoisotopic (exact) mass is 455 g/mol. The number of aryl methyl sites for hydroxylation is 1. The van der Waals surface area contributed by atoms with Crippen LogP contribution in [0.2, 0.25) is 0 Å². The van der Waals surface area contributed by atoms with Gasteiger partial charge in [-0.25, -0.2) is 8.42 Å². The molecule has 0 atom stereocenters. The van der Waals surface area contributed by atoms with Crippen LogP contribution in [0.15, 0.2) is 83.8 Å². The highest BCUT2D eigenvalue weighted by molar-refractivity contribution is 7.93. The van der Waals surface area contributed by atoms with Crippen LogP contribution in [-0.2, 0) is 21.4 Å². The first-order chi connectivity index (χ1) is 16.0. The van der Waals surface area contributed by atoms with Crippen molar-refractivity contribution in [2.24, 2.45) is 0 Å². The molecule has 1 aliphatic rings. The molecule has 0 aliphatic carbocycles. The molecule has 164 valence electrons. The molecule has 6 rings (SSSR count). The Kier molecular flexibility index (Phi) is 4.25. The molecule has 5 aromatic rings. The number of para-hydroxylation sites is 1. The largest absolute Gasteiger partial charge is 0.341 e. The van der Waals surface area contributed by atoms with E-state index in [1.165, 1.54) is 4.31 Å². The first-order valence-corrected chi connectivity index (χ1v) is 12.3. The van der Waals surface area contributed by atoms with Crippen LogP contribution in [-0.4, -0.2) is 25.4 Å². The lowest BCUT2D eigenvalue weighted by molar-refractivity contribution is -0.114. The van der Waals surface area contributed by atoms with Gasteiger partial charge in [0.15, 0.2) is 0 Å². The van der Waals surface area contributed by atoms with Crippen molar-refractivity contribution in [3.8, 4) is 0 Å². The van der Waals surface area contributed by atoms with Crippen LogP contribution in [0.5, 0.6) is 0 Å². The van der Waals surface area contributed by atoms with E-state index in [4.69, 9.17) is 0 Å². The van der Waals surface area contributed by atoms with Gasteiger partial charge in [-0.15, -0.1) is 0 Å². The Bertz CT molecular complexity index is 1700. The van der Waals surface area contributed by atoms with Gasteiger partial charge < -0.3 is 9.88 Å². The minimum atomic E-state index is -3.78. The number of hydrogen-bond acceptors (Lipinski definition) is 3. The predicted molar refractivity (Wildman–Crippen MR) is 132 cm³/mol. The minimum absolute atomic E-state index is 0.247. The number of anilines is 2. The van der Waals surface area contributed by atoms with Crippen LogP contribution in [0.3, 0.4) is 0 Å². The summed E-state index contributed by atoms with van der Waals surface area (Å²) in [5.74, 6) is -0.387. The van der Waals surface area contributed by atoms with Crippen molar-refractivity contribution in [1.29, 1.82) is 0 Å². The fourth-order valence-electron chi connectivity index (χ4n) is 4.93. The van der Waals surface area contributed by atoms with E-state index in [9.17, 15) is 13.2 Å². The highest BCUT2D eigenvalue weighted by Crippen LogP contribution is 2.41. The number of benzene rings is 4. The molecule has 33 heavy (non-hydrogen) atoms. The minimum Gasteiger partial charge on any atom is -0.341 e. The summed E-state index contributed by atoms with van der Waals surface area (Å²) in [7, 11) is -3.78. The van der Waals surface area contributed by atoms with Crippen molar-refractivity contribution >= 4 is 59.9 Å². The summed E-state index contributed by atoms with van der Waals surface area (Å²) < 4.78 is 29.7. The Morgan fingerprint density at radius 1 is 0.879 bits per heavy atom. The maximum atomic E-state index is 13.2. The molecule has 0 unspecified atom stereocenters. The lowest BCUT2D eigenvalue weighted by Crippen LogP contribution is -2.35. The lowest BCUT2D eigenvalue weighted by Gasteiger charge is -2.18. The maximum Gasteiger partial charge on any atom is 0.265 e.